The molecule has 0 aliphatic heterocycles. The van der Waals surface area contributed by atoms with Crippen molar-refractivity contribution in [2.75, 3.05) is 7.05 Å². The van der Waals surface area contributed by atoms with Gasteiger partial charge in [0.1, 0.15) is 0 Å². The molecule has 1 fully saturated rings. The Labute approximate surface area is 145 Å². The number of carbonyl (C=O) groups excluding carboxylic acids is 1. The van der Waals surface area contributed by atoms with Gasteiger partial charge in [-0.3, -0.25) is 4.79 Å². The highest BCUT2D eigenvalue weighted by Crippen LogP contribution is 2.48. The summed E-state index contributed by atoms with van der Waals surface area (Å²) in [6.07, 6.45) is 0.849. The molecule has 4 nitrogen and oxygen atoms in total. The summed E-state index contributed by atoms with van der Waals surface area (Å²) in [6.45, 7) is 0.470. The van der Waals surface area contributed by atoms with Gasteiger partial charge in [0.05, 0.1) is 5.56 Å². The highest BCUT2D eigenvalue weighted by Gasteiger charge is 2.45. The maximum Gasteiger partial charge on any atom is 0.335 e. The maximum atomic E-state index is 12.6. The molecule has 0 radical (unpaired) electrons. The van der Waals surface area contributed by atoms with Crippen molar-refractivity contribution in [2.24, 2.45) is 5.92 Å². The largest absolute Gasteiger partial charge is 0.478 e. The standard InChI is InChI=1S/C19H18ClNO3/c1-21(11-12-5-7-13(8-6-12)19(23)24)18(22)17-10-16(17)14-3-2-4-15(20)9-14/h2-9,16-17H,10-11H2,1H3,(H,23,24). The van der Waals surface area contributed by atoms with Crippen LogP contribution in [0.15, 0.2) is 48.5 Å². The molecule has 5 heteroatoms. The Morgan fingerprint density at radius 2 is 1.92 bits per heavy atom. The van der Waals surface area contributed by atoms with E-state index in [-0.39, 0.29) is 23.3 Å². The lowest BCUT2D eigenvalue weighted by atomic mass is 10.1. The highest BCUT2D eigenvalue weighted by molar-refractivity contribution is 6.30. The van der Waals surface area contributed by atoms with Gasteiger partial charge in [0.25, 0.3) is 0 Å². The number of aromatic carboxylic acids is 1. The van der Waals surface area contributed by atoms with Crippen LogP contribution in [-0.2, 0) is 11.3 Å². The second kappa shape index (κ2) is 6.65. The van der Waals surface area contributed by atoms with Gasteiger partial charge in [0, 0.05) is 24.5 Å². The van der Waals surface area contributed by atoms with Crippen LogP contribution in [0.4, 0.5) is 0 Å². The molecule has 0 spiro atoms. The van der Waals surface area contributed by atoms with Crippen LogP contribution in [0.25, 0.3) is 0 Å². The van der Waals surface area contributed by atoms with Gasteiger partial charge in [0.15, 0.2) is 0 Å². The Bertz CT molecular complexity index is 772. The Balaban J connectivity index is 1.60. The Kier molecular flexibility index (Phi) is 4.58. The second-order valence-electron chi connectivity index (χ2n) is 6.20. The quantitative estimate of drug-likeness (QED) is 0.898. The van der Waals surface area contributed by atoms with Gasteiger partial charge < -0.3 is 10.0 Å². The number of halogens is 1. The minimum atomic E-state index is -0.951. The average Bonchev–Trinajstić information content (AvgIpc) is 3.35. The number of nitrogens with zero attached hydrogens (tertiary/aromatic N) is 1. The molecular formula is C19H18ClNO3. The lowest BCUT2D eigenvalue weighted by Gasteiger charge is -2.17. The zero-order valence-electron chi connectivity index (χ0n) is 13.3. The predicted molar refractivity (Wildman–Crippen MR) is 92.2 cm³/mol. The smallest absolute Gasteiger partial charge is 0.335 e. The molecule has 2 atom stereocenters. The van der Waals surface area contributed by atoms with E-state index >= 15 is 0 Å². The van der Waals surface area contributed by atoms with E-state index in [1.165, 1.54) is 0 Å². The number of hydrogen-bond donors (Lipinski definition) is 1. The van der Waals surface area contributed by atoms with E-state index in [0.717, 1.165) is 17.5 Å². The number of carboxylic acid groups (broad SMARTS) is 1. The van der Waals surface area contributed by atoms with Crippen molar-refractivity contribution in [3.05, 3.63) is 70.2 Å². The van der Waals surface area contributed by atoms with Gasteiger partial charge in [0.2, 0.25) is 5.91 Å². The van der Waals surface area contributed by atoms with Crippen LogP contribution in [0.3, 0.4) is 0 Å². The minimum Gasteiger partial charge on any atom is -0.478 e. The van der Waals surface area contributed by atoms with E-state index < -0.39 is 5.97 Å². The molecule has 1 saturated carbocycles. The van der Waals surface area contributed by atoms with Gasteiger partial charge >= 0.3 is 5.97 Å². The molecule has 0 saturated heterocycles. The first-order valence-electron chi connectivity index (χ1n) is 7.78. The first-order chi connectivity index (χ1) is 11.5. The molecule has 0 aromatic heterocycles. The third-order valence-corrected chi connectivity index (χ3v) is 4.62. The summed E-state index contributed by atoms with van der Waals surface area (Å²) in [5, 5.41) is 9.60. The Morgan fingerprint density at radius 3 is 2.54 bits per heavy atom. The molecule has 1 amide bonds. The topological polar surface area (TPSA) is 57.6 Å². The van der Waals surface area contributed by atoms with Crippen LogP contribution >= 0.6 is 11.6 Å². The number of carbonyl (C=O) groups is 2. The van der Waals surface area contributed by atoms with E-state index in [1.807, 2.05) is 24.3 Å². The SMILES string of the molecule is CN(Cc1ccc(C(=O)O)cc1)C(=O)C1CC1c1cccc(Cl)c1. The van der Waals surface area contributed by atoms with Gasteiger partial charge in [-0.25, -0.2) is 4.79 Å². The molecule has 1 aliphatic carbocycles. The number of amides is 1. The van der Waals surface area contributed by atoms with Gasteiger partial charge in [-0.15, -0.1) is 0 Å². The van der Waals surface area contributed by atoms with Crippen molar-refractivity contribution >= 4 is 23.5 Å². The van der Waals surface area contributed by atoms with E-state index in [2.05, 4.69) is 0 Å². The Hall–Kier alpha value is -2.33. The molecular weight excluding hydrogens is 326 g/mol. The third-order valence-electron chi connectivity index (χ3n) is 4.38. The van der Waals surface area contributed by atoms with Crippen LogP contribution in [0.5, 0.6) is 0 Å². The number of benzene rings is 2. The van der Waals surface area contributed by atoms with Crippen molar-refractivity contribution in [3.63, 3.8) is 0 Å². The number of carboxylic acids is 1. The molecule has 2 aromatic rings. The zero-order chi connectivity index (χ0) is 17.3. The fraction of sp³-hybridized carbons (Fsp3) is 0.263. The van der Waals surface area contributed by atoms with Gasteiger partial charge in [-0.05, 0) is 47.7 Å². The molecule has 0 bridgehead atoms. The summed E-state index contributed by atoms with van der Waals surface area (Å²) in [4.78, 5) is 25.1. The zero-order valence-corrected chi connectivity index (χ0v) is 14.0. The lowest BCUT2D eigenvalue weighted by Crippen LogP contribution is -2.28. The average molecular weight is 344 g/mol. The van der Waals surface area contributed by atoms with Crippen molar-refractivity contribution in [1.82, 2.24) is 4.90 Å². The molecule has 1 N–H and O–H groups in total. The van der Waals surface area contributed by atoms with Crippen LogP contribution in [0.1, 0.15) is 33.8 Å². The minimum absolute atomic E-state index is 0.00626. The van der Waals surface area contributed by atoms with Gasteiger partial charge in [-0.2, -0.15) is 0 Å². The van der Waals surface area contributed by atoms with Crippen LogP contribution in [0, 0.1) is 5.92 Å². The van der Waals surface area contributed by atoms with E-state index in [4.69, 9.17) is 16.7 Å². The molecule has 24 heavy (non-hydrogen) atoms. The molecule has 124 valence electrons. The van der Waals surface area contributed by atoms with Crippen molar-refractivity contribution in [2.45, 2.75) is 18.9 Å². The summed E-state index contributed by atoms with van der Waals surface area (Å²) < 4.78 is 0. The van der Waals surface area contributed by atoms with Crippen LogP contribution in [-0.4, -0.2) is 28.9 Å². The number of rotatable bonds is 5. The number of hydrogen-bond acceptors (Lipinski definition) is 2. The Morgan fingerprint density at radius 1 is 1.21 bits per heavy atom. The monoisotopic (exact) mass is 343 g/mol. The van der Waals surface area contributed by atoms with Gasteiger partial charge in [-0.1, -0.05) is 35.9 Å². The molecule has 3 rings (SSSR count). The van der Waals surface area contributed by atoms with Crippen molar-refractivity contribution in [1.29, 1.82) is 0 Å². The van der Waals surface area contributed by atoms with E-state index in [0.29, 0.717) is 11.6 Å². The first kappa shape index (κ1) is 16.5. The molecule has 2 aromatic carbocycles. The fourth-order valence-corrected chi connectivity index (χ4v) is 3.16. The van der Waals surface area contributed by atoms with E-state index in [9.17, 15) is 9.59 Å². The summed E-state index contributed by atoms with van der Waals surface area (Å²) in [5.74, 6) is -0.588. The molecule has 2 unspecified atom stereocenters. The van der Waals surface area contributed by atoms with Crippen LogP contribution < -0.4 is 0 Å². The summed E-state index contributed by atoms with van der Waals surface area (Å²) in [6, 6.07) is 14.3. The molecule has 0 heterocycles. The van der Waals surface area contributed by atoms with Crippen LogP contribution in [0.2, 0.25) is 5.02 Å². The molecule has 1 aliphatic rings. The normalized spacial score (nSPS) is 18.9. The fourth-order valence-electron chi connectivity index (χ4n) is 2.96. The lowest BCUT2D eigenvalue weighted by molar-refractivity contribution is -0.131. The summed E-state index contributed by atoms with van der Waals surface area (Å²) >= 11 is 6.01. The third kappa shape index (κ3) is 3.60. The maximum absolute atomic E-state index is 12.6. The predicted octanol–water partition coefficient (Wildman–Crippen LogP) is 3.80. The summed E-state index contributed by atoms with van der Waals surface area (Å²) in [5.41, 5.74) is 2.27. The van der Waals surface area contributed by atoms with Crippen molar-refractivity contribution < 1.29 is 14.7 Å². The first-order valence-corrected chi connectivity index (χ1v) is 8.16. The highest BCUT2D eigenvalue weighted by atomic mass is 35.5. The second-order valence-corrected chi connectivity index (χ2v) is 6.64. The van der Waals surface area contributed by atoms with E-state index in [1.54, 1.807) is 36.2 Å². The summed E-state index contributed by atoms with van der Waals surface area (Å²) in [7, 11) is 1.78. The van der Waals surface area contributed by atoms with Crippen molar-refractivity contribution in [3.8, 4) is 0 Å².